The van der Waals surface area contributed by atoms with E-state index in [1.54, 1.807) is 11.8 Å². The number of esters is 1. The minimum atomic E-state index is -0.142. The predicted molar refractivity (Wildman–Crippen MR) is 116 cm³/mol. The second kappa shape index (κ2) is 9.90. The van der Waals surface area contributed by atoms with Gasteiger partial charge in [-0.25, -0.2) is 0 Å². The van der Waals surface area contributed by atoms with Crippen LogP contribution in [0.15, 0.2) is 60.7 Å². The summed E-state index contributed by atoms with van der Waals surface area (Å²) in [6, 6.07) is 21.2. The largest absolute Gasteiger partial charge is 0.465 e. The molecule has 0 N–H and O–H groups in total. The first-order valence-electron chi connectivity index (χ1n) is 9.33. The van der Waals surface area contributed by atoms with Gasteiger partial charge < -0.3 is 9.64 Å². The lowest BCUT2D eigenvalue weighted by molar-refractivity contribution is -0.139. The van der Waals surface area contributed by atoms with Crippen LogP contribution in [-0.2, 0) is 16.1 Å². The Bertz CT molecular complexity index is 751. The number of piperidine rings is 1. The topological polar surface area (TPSA) is 29.5 Å². The summed E-state index contributed by atoms with van der Waals surface area (Å²) < 4.78 is 5.07. The Kier molecular flexibility index (Phi) is 7.30. The number of nitrogens with zero attached hydrogens (tertiary/aromatic N) is 1. The monoisotopic (exact) mass is 399 g/mol. The van der Waals surface area contributed by atoms with Crippen molar-refractivity contribution in [3.8, 4) is 0 Å². The fourth-order valence-corrected chi connectivity index (χ4v) is 4.98. The van der Waals surface area contributed by atoms with Crippen molar-refractivity contribution in [2.24, 2.45) is 0 Å². The summed E-state index contributed by atoms with van der Waals surface area (Å²) in [7, 11) is 0. The van der Waals surface area contributed by atoms with Crippen LogP contribution in [0.2, 0.25) is 0 Å². The van der Waals surface area contributed by atoms with E-state index in [2.05, 4.69) is 53.4 Å². The third-order valence-electron chi connectivity index (χ3n) is 4.71. The van der Waals surface area contributed by atoms with Crippen molar-refractivity contribution in [3.63, 3.8) is 0 Å². The summed E-state index contributed by atoms with van der Waals surface area (Å²) in [4.78, 5) is 15.1. The second-order valence-corrected chi connectivity index (χ2v) is 8.37. The smallest absolute Gasteiger partial charge is 0.315 e. The molecule has 0 bridgehead atoms. The molecule has 2 atom stereocenters. The first kappa shape index (κ1) is 19.9. The number of thiocarbonyl (C=S) groups is 1. The molecule has 1 aliphatic heterocycles. The highest BCUT2D eigenvalue weighted by molar-refractivity contribution is 8.00. The SMILES string of the molecule is CCOC(=O)CS[C@@H]1CC(=S)N(Cc2ccccc2)[C@@H](c2ccccc2)C1. The van der Waals surface area contributed by atoms with Gasteiger partial charge in [-0.2, -0.15) is 0 Å². The van der Waals surface area contributed by atoms with Gasteiger partial charge in [-0.05, 0) is 24.5 Å². The fraction of sp³-hybridized carbons (Fsp3) is 0.364. The van der Waals surface area contributed by atoms with E-state index >= 15 is 0 Å². The van der Waals surface area contributed by atoms with Gasteiger partial charge in [0.2, 0.25) is 0 Å². The van der Waals surface area contributed by atoms with Gasteiger partial charge >= 0.3 is 5.97 Å². The zero-order valence-electron chi connectivity index (χ0n) is 15.5. The molecule has 0 amide bonds. The Balaban J connectivity index is 1.75. The van der Waals surface area contributed by atoms with E-state index in [0.717, 1.165) is 24.4 Å². The molecular formula is C22H25NO2S2. The number of carbonyl (C=O) groups excluding carboxylic acids is 1. The first-order chi connectivity index (χ1) is 13.2. The van der Waals surface area contributed by atoms with Crippen molar-refractivity contribution in [2.45, 2.75) is 37.6 Å². The summed E-state index contributed by atoms with van der Waals surface area (Å²) in [5.74, 6) is 0.248. The Hall–Kier alpha value is -1.85. The molecule has 5 heteroatoms. The number of likely N-dealkylation sites (tertiary alicyclic amines) is 1. The standard InChI is InChI=1S/C22H25NO2S2/c1-2-25-22(24)16-27-19-13-20(18-11-7-4-8-12-18)23(21(26)14-19)15-17-9-5-3-6-10-17/h3-12,19-20H,2,13-16H2,1H3/t19-,20+/m0/s1. The number of hydrogen-bond acceptors (Lipinski definition) is 4. The Morgan fingerprint density at radius 2 is 1.81 bits per heavy atom. The van der Waals surface area contributed by atoms with E-state index in [4.69, 9.17) is 17.0 Å². The Morgan fingerprint density at radius 1 is 1.15 bits per heavy atom. The molecule has 0 aliphatic carbocycles. The summed E-state index contributed by atoms with van der Waals surface area (Å²) in [6.45, 7) is 3.08. The third-order valence-corrected chi connectivity index (χ3v) is 6.34. The lowest BCUT2D eigenvalue weighted by Crippen LogP contribution is -2.41. The normalized spacial score (nSPS) is 19.7. The zero-order valence-corrected chi connectivity index (χ0v) is 17.2. The van der Waals surface area contributed by atoms with Crippen LogP contribution in [0.1, 0.15) is 36.9 Å². The fourth-order valence-electron chi connectivity index (χ4n) is 3.43. The number of thioether (sulfide) groups is 1. The van der Waals surface area contributed by atoms with E-state index in [9.17, 15) is 4.79 Å². The molecule has 0 aromatic heterocycles. The minimum Gasteiger partial charge on any atom is -0.465 e. The maximum atomic E-state index is 11.7. The summed E-state index contributed by atoms with van der Waals surface area (Å²) in [5.41, 5.74) is 2.54. The number of hydrogen-bond donors (Lipinski definition) is 0. The van der Waals surface area contributed by atoms with Crippen LogP contribution in [0.4, 0.5) is 0 Å². The van der Waals surface area contributed by atoms with Crippen LogP contribution < -0.4 is 0 Å². The molecule has 1 aliphatic rings. The van der Waals surface area contributed by atoms with E-state index in [1.165, 1.54) is 11.1 Å². The molecule has 1 saturated heterocycles. The number of rotatable bonds is 7. The molecule has 0 saturated carbocycles. The minimum absolute atomic E-state index is 0.142. The zero-order chi connectivity index (χ0) is 19.1. The van der Waals surface area contributed by atoms with Crippen LogP contribution in [0.5, 0.6) is 0 Å². The lowest BCUT2D eigenvalue weighted by atomic mass is 9.94. The van der Waals surface area contributed by atoms with Crippen molar-refractivity contribution >= 4 is 34.9 Å². The van der Waals surface area contributed by atoms with Crippen LogP contribution in [0.25, 0.3) is 0 Å². The van der Waals surface area contributed by atoms with Crippen molar-refractivity contribution < 1.29 is 9.53 Å². The van der Waals surface area contributed by atoms with Crippen molar-refractivity contribution in [1.82, 2.24) is 4.90 Å². The van der Waals surface area contributed by atoms with Gasteiger partial charge in [0.05, 0.1) is 23.4 Å². The van der Waals surface area contributed by atoms with Crippen molar-refractivity contribution in [3.05, 3.63) is 71.8 Å². The molecule has 1 fully saturated rings. The van der Waals surface area contributed by atoms with Gasteiger partial charge in [-0.1, -0.05) is 72.9 Å². The van der Waals surface area contributed by atoms with E-state index in [0.29, 0.717) is 17.6 Å². The van der Waals surface area contributed by atoms with Crippen molar-refractivity contribution in [1.29, 1.82) is 0 Å². The predicted octanol–water partition coefficient (Wildman–Crippen LogP) is 5.02. The average Bonchev–Trinajstić information content (AvgIpc) is 2.70. The molecule has 0 unspecified atom stereocenters. The molecular weight excluding hydrogens is 374 g/mol. The first-order valence-corrected chi connectivity index (χ1v) is 10.8. The highest BCUT2D eigenvalue weighted by Gasteiger charge is 2.33. The highest BCUT2D eigenvalue weighted by Crippen LogP contribution is 2.38. The molecule has 3 rings (SSSR count). The molecule has 2 aromatic carbocycles. The molecule has 0 spiro atoms. The number of ether oxygens (including phenoxy) is 1. The molecule has 0 radical (unpaired) electrons. The van der Waals surface area contributed by atoms with Crippen LogP contribution in [-0.4, -0.2) is 33.5 Å². The quantitative estimate of drug-likeness (QED) is 0.482. The summed E-state index contributed by atoms with van der Waals surface area (Å²) >= 11 is 7.48. The van der Waals surface area contributed by atoms with Gasteiger partial charge in [0.1, 0.15) is 0 Å². The third kappa shape index (κ3) is 5.56. The molecule has 27 heavy (non-hydrogen) atoms. The molecule has 142 valence electrons. The second-order valence-electron chi connectivity index (χ2n) is 6.61. The average molecular weight is 400 g/mol. The van der Waals surface area contributed by atoms with E-state index in [-0.39, 0.29) is 12.0 Å². The van der Waals surface area contributed by atoms with Crippen molar-refractivity contribution in [2.75, 3.05) is 12.4 Å². The highest BCUT2D eigenvalue weighted by atomic mass is 32.2. The Labute approximate surface area is 171 Å². The van der Waals surface area contributed by atoms with Gasteiger partial charge in [0.15, 0.2) is 0 Å². The molecule has 3 nitrogen and oxygen atoms in total. The van der Waals surface area contributed by atoms with E-state index in [1.807, 2.05) is 19.1 Å². The van der Waals surface area contributed by atoms with Gasteiger partial charge in [-0.3, -0.25) is 4.79 Å². The van der Waals surface area contributed by atoms with Crippen LogP contribution in [0.3, 0.4) is 0 Å². The number of carbonyl (C=O) groups is 1. The van der Waals surface area contributed by atoms with Crippen LogP contribution in [0, 0.1) is 0 Å². The van der Waals surface area contributed by atoms with Gasteiger partial charge in [-0.15, -0.1) is 11.8 Å². The van der Waals surface area contributed by atoms with E-state index < -0.39 is 0 Å². The molecule has 2 aromatic rings. The van der Waals surface area contributed by atoms with Gasteiger partial charge in [0, 0.05) is 18.2 Å². The number of benzene rings is 2. The maximum absolute atomic E-state index is 11.7. The maximum Gasteiger partial charge on any atom is 0.315 e. The Morgan fingerprint density at radius 3 is 2.48 bits per heavy atom. The van der Waals surface area contributed by atoms with Crippen LogP contribution >= 0.6 is 24.0 Å². The summed E-state index contributed by atoms with van der Waals surface area (Å²) in [5, 5.41) is 0.333. The van der Waals surface area contributed by atoms with Gasteiger partial charge in [0.25, 0.3) is 0 Å². The lowest BCUT2D eigenvalue weighted by Gasteiger charge is -2.41. The summed E-state index contributed by atoms with van der Waals surface area (Å²) in [6.07, 6.45) is 1.80. The molecule has 1 heterocycles.